The highest BCUT2D eigenvalue weighted by atomic mass is 32.2. The topological polar surface area (TPSA) is 63.7 Å². The van der Waals surface area contributed by atoms with Crippen molar-refractivity contribution in [3.63, 3.8) is 0 Å². The van der Waals surface area contributed by atoms with Gasteiger partial charge in [0.25, 0.3) is 0 Å². The molecule has 1 aromatic carbocycles. The molecule has 0 bridgehead atoms. The predicted octanol–water partition coefficient (Wildman–Crippen LogP) is 5.89. The van der Waals surface area contributed by atoms with E-state index in [1.165, 1.54) is 41.0 Å². The van der Waals surface area contributed by atoms with Crippen LogP contribution in [0.3, 0.4) is 0 Å². The summed E-state index contributed by atoms with van der Waals surface area (Å²) in [5.74, 6) is 1.01. The number of ketones is 2. The number of ether oxygens (including phenoxy) is 1. The van der Waals surface area contributed by atoms with Crippen molar-refractivity contribution in [3.8, 4) is 0 Å². The number of carbonyl (C=O) groups excluding carboxylic acids is 3. The highest BCUT2D eigenvalue weighted by molar-refractivity contribution is 7.99. The van der Waals surface area contributed by atoms with Crippen molar-refractivity contribution in [2.45, 2.75) is 70.3 Å². The number of fused-ring (bicyclic) bond motifs is 4. The fourth-order valence-electron chi connectivity index (χ4n) is 8.13. The summed E-state index contributed by atoms with van der Waals surface area (Å²) in [7, 11) is 4.09. The molecule has 0 radical (unpaired) electrons. The lowest BCUT2D eigenvalue weighted by Gasteiger charge is -2.55. The number of hydrogen-bond donors (Lipinski definition) is 0. The maximum atomic E-state index is 13.8. The molecular formula is C31H39NO4S. The third kappa shape index (κ3) is 4.20. The second-order valence-corrected chi connectivity index (χ2v) is 12.7. The van der Waals surface area contributed by atoms with E-state index in [0.29, 0.717) is 24.5 Å². The number of allylic oxidation sites excluding steroid dienone is 4. The Morgan fingerprint density at radius 2 is 1.84 bits per heavy atom. The second kappa shape index (κ2) is 9.76. The Bertz CT molecular complexity index is 1180. The Morgan fingerprint density at radius 3 is 2.49 bits per heavy atom. The van der Waals surface area contributed by atoms with Crippen LogP contribution in [0.2, 0.25) is 0 Å². The summed E-state index contributed by atoms with van der Waals surface area (Å²) in [4.78, 5) is 40.6. The highest BCUT2D eigenvalue weighted by Gasteiger charge is 2.67. The number of Topliss-reactive ketones (excluding diaryl/α,β-unsaturated/α-hetero) is 1. The number of anilines is 1. The van der Waals surface area contributed by atoms with Crippen LogP contribution in [0.1, 0.15) is 70.3 Å². The Labute approximate surface area is 225 Å². The molecule has 2 saturated carbocycles. The molecule has 0 spiro atoms. The number of nitrogens with zero attached hydrogens (tertiary/aromatic N) is 1. The summed E-state index contributed by atoms with van der Waals surface area (Å²) < 4.78 is 6.14. The molecular weight excluding hydrogens is 482 g/mol. The Morgan fingerprint density at radius 1 is 1.11 bits per heavy atom. The lowest BCUT2D eigenvalue weighted by atomic mass is 9.50. The minimum atomic E-state index is -1.08. The minimum Gasteiger partial charge on any atom is -0.451 e. The molecule has 6 heteroatoms. The van der Waals surface area contributed by atoms with Gasteiger partial charge in [0.2, 0.25) is 0 Å². The van der Waals surface area contributed by atoms with Gasteiger partial charge >= 0.3 is 5.97 Å². The molecule has 37 heavy (non-hydrogen) atoms. The molecule has 4 aliphatic rings. The maximum absolute atomic E-state index is 13.8. The fourth-order valence-corrected chi connectivity index (χ4v) is 8.62. The van der Waals surface area contributed by atoms with Gasteiger partial charge in [-0.2, -0.15) is 11.8 Å². The average Bonchev–Trinajstić information content (AvgIpc) is 3.15. The minimum absolute atomic E-state index is 0.0534. The van der Waals surface area contributed by atoms with Gasteiger partial charge in [-0.1, -0.05) is 24.6 Å². The molecule has 5 rings (SSSR count). The smallest absolute Gasteiger partial charge is 0.303 e. The van der Waals surface area contributed by atoms with Gasteiger partial charge in [0.1, 0.15) is 0 Å². The van der Waals surface area contributed by atoms with Crippen LogP contribution in [0.5, 0.6) is 0 Å². The third-order valence-corrected chi connectivity index (χ3v) is 10.3. The monoisotopic (exact) mass is 521 g/mol. The lowest BCUT2D eigenvalue weighted by molar-refractivity contribution is -0.182. The van der Waals surface area contributed by atoms with Gasteiger partial charge in [-0.3, -0.25) is 14.4 Å². The van der Waals surface area contributed by atoms with E-state index in [9.17, 15) is 14.4 Å². The van der Waals surface area contributed by atoms with Crippen LogP contribution in [-0.4, -0.2) is 49.2 Å². The van der Waals surface area contributed by atoms with E-state index in [-0.39, 0.29) is 29.4 Å². The van der Waals surface area contributed by atoms with Crippen LogP contribution in [0.4, 0.5) is 5.69 Å². The third-order valence-electron chi connectivity index (χ3n) is 9.71. The van der Waals surface area contributed by atoms with Crippen LogP contribution >= 0.6 is 11.8 Å². The number of benzene rings is 1. The van der Waals surface area contributed by atoms with Crippen molar-refractivity contribution in [2.75, 3.05) is 31.0 Å². The van der Waals surface area contributed by atoms with Crippen molar-refractivity contribution in [2.24, 2.45) is 17.3 Å². The molecule has 4 aliphatic carbocycles. The van der Waals surface area contributed by atoms with E-state index in [1.54, 1.807) is 0 Å². The Balaban J connectivity index is 1.68. The molecule has 2 fully saturated rings. The first-order valence-corrected chi connectivity index (χ1v) is 15.0. The van der Waals surface area contributed by atoms with Gasteiger partial charge < -0.3 is 9.64 Å². The molecule has 3 unspecified atom stereocenters. The van der Waals surface area contributed by atoms with E-state index < -0.39 is 11.0 Å². The fraction of sp³-hybridized carbons (Fsp3) is 0.581. The zero-order chi connectivity index (χ0) is 26.5. The number of hydrogen-bond acceptors (Lipinski definition) is 6. The molecule has 0 amide bonds. The highest BCUT2D eigenvalue weighted by Crippen LogP contribution is 2.68. The molecule has 0 N–H and O–H groups in total. The largest absolute Gasteiger partial charge is 0.451 e. The summed E-state index contributed by atoms with van der Waals surface area (Å²) in [6.07, 6.45) is 9.36. The van der Waals surface area contributed by atoms with Crippen molar-refractivity contribution in [1.29, 1.82) is 0 Å². The lowest BCUT2D eigenvalue weighted by Crippen LogP contribution is -2.58. The van der Waals surface area contributed by atoms with Crippen molar-refractivity contribution in [3.05, 3.63) is 52.6 Å². The number of rotatable bonds is 6. The molecule has 0 heterocycles. The van der Waals surface area contributed by atoms with Crippen molar-refractivity contribution >= 4 is 35.0 Å². The first kappa shape index (κ1) is 26.3. The van der Waals surface area contributed by atoms with E-state index in [1.807, 2.05) is 26.4 Å². The summed E-state index contributed by atoms with van der Waals surface area (Å²) in [5, 5.41) is 0. The Hall–Kier alpha value is -2.34. The van der Waals surface area contributed by atoms with Crippen LogP contribution in [-0.2, 0) is 19.1 Å². The summed E-state index contributed by atoms with van der Waals surface area (Å²) in [6, 6.07) is 8.79. The molecule has 0 aromatic heterocycles. The van der Waals surface area contributed by atoms with Crippen LogP contribution < -0.4 is 4.90 Å². The zero-order valence-corrected chi connectivity index (χ0v) is 23.6. The van der Waals surface area contributed by atoms with Gasteiger partial charge in [-0.15, -0.1) is 0 Å². The van der Waals surface area contributed by atoms with Crippen LogP contribution in [0, 0.1) is 17.3 Å². The number of thioether (sulfide) groups is 1. The first-order chi connectivity index (χ1) is 17.6. The normalized spacial score (nSPS) is 32.7. The zero-order valence-electron chi connectivity index (χ0n) is 22.8. The van der Waals surface area contributed by atoms with Gasteiger partial charge in [-0.25, -0.2) is 0 Å². The van der Waals surface area contributed by atoms with Gasteiger partial charge in [0.15, 0.2) is 17.2 Å². The quantitative estimate of drug-likeness (QED) is 0.435. The molecule has 198 valence electrons. The van der Waals surface area contributed by atoms with Crippen LogP contribution in [0.25, 0.3) is 0 Å². The van der Waals surface area contributed by atoms with E-state index >= 15 is 0 Å². The Kier molecular flexibility index (Phi) is 6.93. The molecule has 5 nitrogen and oxygen atoms in total. The van der Waals surface area contributed by atoms with E-state index in [2.05, 4.69) is 36.1 Å². The predicted molar refractivity (Wildman–Crippen MR) is 149 cm³/mol. The molecule has 1 aromatic rings. The van der Waals surface area contributed by atoms with Gasteiger partial charge in [-0.05, 0) is 91.5 Å². The molecule has 0 aliphatic heterocycles. The van der Waals surface area contributed by atoms with Crippen molar-refractivity contribution in [1.82, 2.24) is 0 Å². The van der Waals surface area contributed by atoms with Gasteiger partial charge in [0.05, 0.1) is 5.75 Å². The second-order valence-electron chi connectivity index (χ2n) is 11.8. The summed E-state index contributed by atoms with van der Waals surface area (Å²) in [6.45, 7) is 3.67. The summed E-state index contributed by atoms with van der Waals surface area (Å²) in [5.41, 5.74) is 4.97. The summed E-state index contributed by atoms with van der Waals surface area (Å²) >= 11 is 1.51. The SMILES string of the molecule is CSCC(=O)[C@]1(OC(C)=O)CCC2C3CCC4=CC(=O)CCC4=C3C(c3ccc(N(C)C)cc3)C[C@@]21C. The molecule has 0 saturated heterocycles. The number of esters is 1. The van der Waals surface area contributed by atoms with E-state index in [4.69, 9.17) is 4.74 Å². The standard InChI is InChI=1S/C31H39NO4S/c1-19(33)36-31(28(35)18-37-5)15-14-27-25-12-8-21-16-23(34)11-13-24(21)29(25)26(17-30(27,31)2)20-6-9-22(10-7-20)32(3)4/h6-7,9-10,16,25-27H,8,11-15,17-18H2,1-5H3/t25?,26?,27?,30-,31+/m0/s1. The van der Waals surface area contributed by atoms with Crippen molar-refractivity contribution < 1.29 is 19.1 Å². The first-order valence-electron chi connectivity index (χ1n) is 13.6. The van der Waals surface area contributed by atoms with E-state index in [0.717, 1.165) is 37.8 Å². The maximum Gasteiger partial charge on any atom is 0.303 e. The number of carbonyl (C=O) groups is 3. The molecule has 5 atom stereocenters. The average molecular weight is 522 g/mol. The van der Waals surface area contributed by atoms with Crippen LogP contribution in [0.15, 0.2) is 47.1 Å². The van der Waals surface area contributed by atoms with Gasteiger partial charge in [0, 0.05) is 44.5 Å².